The summed E-state index contributed by atoms with van der Waals surface area (Å²) in [4.78, 5) is 0. The third-order valence-corrected chi connectivity index (χ3v) is 0.690. The van der Waals surface area contributed by atoms with Crippen LogP contribution in [-0.2, 0) is 0 Å². The van der Waals surface area contributed by atoms with Crippen molar-refractivity contribution in [1.29, 1.82) is 0 Å². The van der Waals surface area contributed by atoms with Crippen molar-refractivity contribution in [1.82, 2.24) is 0 Å². The molecule has 0 bridgehead atoms. The van der Waals surface area contributed by atoms with Crippen LogP contribution in [0.5, 0.6) is 0 Å². The molecule has 0 aliphatic heterocycles. The molecule has 10 heavy (non-hydrogen) atoms. The second-order valence-corrected chi connectivity index (χ2v) is 1.82. The van der Waals surface area contributed by atoms with Crippen LogP contribution in [0.2, 0.25) is 0 Å². The van der Waals surface area contributed by atoms with Gasteiger partial charge in [-0.3, -0.25) is 0 Å². The zero-order valence-corrected chi connectivity index (χ0v) is 5.90. The molecule has 1 aromatic rings. The van der Waals surface area contributed by atoms with Crippen molar-refractivity contribution in [2.45, 2.75) is 13.0 Å². The smallest absolute Gasteiger partial charge is 0.0902 e. The highest BCUT2D eigenvalue weighted by atomic mass is 16.3. The number of aliphatic hydroxyl groups is 2. The fourth-order valence-electron chi connectivity index (χ4n) is 0.227. The minimum absolute atomic E-state index is 0.139. The molecule has 1 rings (SSSR count). The number of hydrogen-bond acceptors (Lipinski definition) is 3. The molecule has 0 aromatic carbocycles. The molecule has 1 heterocycles. The molecule has 0 fully saturated rings. The van der Waals surface area contributed by atoms with Crippen LogP contribution in [0, 0.1) is 0 Å². The van der Waals surface area contributed by atoms with Crippen molar-refractivity contribution >= 4 is 0 Å². The summed E-state index contributed by atoms with van der Waals surface area (Å²) < 4.78 is 4.58. The van der Waals surface area contributed by atoms with E-state index in [-0.39, 0.29) is 6.61 Å². The standard InChI is InChI=1S/C4H4O.C3H8O2/c1-2-4-5-3-1;1-3(5)2-4/h1-4H;3-5H,2H2,1H3. The van der Waals surface area contributed by atoms with Gasteiger partial charge in [-0.15, -0.1) is 0 Å². The Bertz CT molecular complexity index is 106. The van der Waals surface area contributed by atoms with Gasteiger partial charge in [-0.25, -0.2) is 0 Å². The van der Waals surface area contributed by atoms with E-state index in [1.807, 2.05) is 12.1 Å². The maximum Gasteiger partial charge on any atom is 0.0902 e. The Labute approximate surface area is 59.9 Å². The zero-order chi connectivity index (χ0) is 7.82. The number of aliphatic hydroxyl groups excluding tert-OH is 2. The maximum absolute atomic E-state index is 8.11. The van der Waals surface area contributed by atoms with E-state index in [2.05, 4.69) is 4.42 Å². The molecular formula is C7H12O3. The van der Waals surface area contributed by atoms with E-state index >= 15 is 0 Å². The van der Waals surface area contributed by atoms with Gasteiger partial charge in [0.1, 0.15) is 0 Å². The fraction of sp³-hybridized carbons (Fsp3) is 0.429. The molecule has 0 spiro atoms. The van der Waals surface area contributed by atoms with Crippen molar-refractivity contribution < 1.29 is 14.6 Å². The van der Waals surface area contributed by atoms with Crippen LogP contribution < -0.4 is 0 Å². The van der Waals surface area contributed by atoms with Gasteiger partial charge < -0.3 is 14.6 Å². The summed E-state index contributed by atoms with van der Waals surface area (Å²) in [7, 11) is 0. The normalized spacial score (nSPS) is 11.5. The zero-order valence-electron chi connectivity index (χ0n) is 5.90. The first kappa shape index (κ1) is 9.20. The van der Waals surface area contributed by atoms with E-state index in [4.69, 9.17) is 10.2 Å². The largest absolute Gasteiger partial charge is 0.473 e. The van der Waals surface area contributed by atoms with E-state index in [0.717, 1.165) is 0 Å². The summed E-state index contributed by atoms with van der Waals surface area (Å²) >= 11 is 0. The van der Waals surface area contributed by atoms with Crippen LogP contribution in [0.25, 0.3) is 0 Å². The van der Waals surface area contributed by atoms with Crippen LogP contribution in [0.1, 0.15) is 6.92 Å². The molecule has 1 aromatic heterocycles. The first-order valence-electron chi connectivity index (χ1n) is 3.03. The summed E-state index contributed by atoms with van der Waals surface area (Å²) in [6, 6.07) is 3.67. The molecule has 0 saturated heterocycles. The van der Waals surface area contributed by atoms with Crippen molar-refractivity contribution in [3.05, 3.63) is 24.7 Å². The third kappa shape index (κ3) is 7.20. The summed E-state index contributed by atoms with van der Waals surface area (Å²) in [6.45, 7) is 1.39. The predicted molar refractivity (Wildman–Crippen MR) is 37.5 cm³/mol. The second-order valence-electron chi connectivity index (χ2n) is 1.82. The van der Waals surface area contributed by atoms with Gasteiger partial charge in [-0.05, 0) is 19.1 Å². The Balaban J connectivity index is 0.000000162. The van der Waals surface area contributed by atoms with E-state index in [9.17, 15) is 0 Å². The highest BCUT2D eigenvalue weighted by Gasteiger charge is 1.83. The molecule has 1 atom stereocenters. The summed E-state index contributed by atoms with van der Waals surface area (Å²) in [5, 5.41) is 16.0. The van der Waals surface area contributed by atoms with Gasteiger partial charge in [-0.2, -0.15) is 0 Å². The van der Waals surface area contributed by atoms with E-state index in [1.54, 1.807) is 12.5 Å². The van der Waals surface area contributed by atoms with Gasteiger partial charge in [0.2, 0.25) is 0 Å². The van der Waals surface area contributed by atoms with Crippen LogP contribution in [-0.4, -0.2) is 22.9 Å². The van der Waals surface area contributed by atoms with Crippen LogP contribution in [0.15, 0.2) is 29.1 Å². The number of hydrogen-bond donors (Lipinski definition) is 2. The topological polar surface area (TPSA) is 53.6 Å². The highest BCUT2D eigenvalue weighted by molar-refractivity contribution is 4.79. The second kappa shape index (κ2) is 6.32. The summed E-state index contributed by atoms with van der Waals surface area (Å²) in [6.07, 6.45) is 2.69. The molecule has 58 valence electrons. The average Bonchev–Trinajstić information content (AvgIpc) is 2.43. The molecular weight excluding hydrogens is 132 g/mol. The van der Waals surface area contributed by atoms with Gasteiger partial charge in [0.15, 0.2) is 0 Å². The number of rotatable bonds is 1. The Morgan fingerprint density at radius 3 is 1.90 bits per heavy atom. The van der Waals surface area contributed by atoms with Crippen LogP contribution >= 0.6 is 0 Å². The molecule has 0 radical (unpaired) electrons. The lowest BCUT2D eigenvalue weighted by Crippen LogP contribution is -2.03. The lowest BCUT2D eigenvalue weighted by atomic mass is 10.5. The van der Waals surface area contributed by atoms with Crippen LogP contribution in [0.3, 0.4) is 0 Å². The van der Waals surface area contributed by atoms with Gasteiger partial charge in [-0.1, -0.05) is 0 Å². The molecule has 1 unspecified atom stereocenters. The summed E-state index contributed by atoms with van der Waals surface area (Å²) in [5.41, 5.74) is 0. The van der Waals surface area contributed by atoms with Gasteiger partial charge in [0.05, 0.1) is 25.2 Å². The molecule has 3 heteroatoms. The Kier molecular flexibility index (Phi) is 5.82. The third-order valence-electron chi connectivity index (χ3n) is 0.690. The Morgan fingerprint density at radius 2 is 1.80 bits per heavy atom. The molecule has 0 aliphatic carbocycles. The lowest BCUT2D eigenvalue weighted by Gasteiger charge is -1.90. The van der Waals surface area contributed by atoms with E-state index in [0.29, 0.717) is 0 Å². The lowest BCUT2D eigenvalue weighted by molar-refractivity contribution is 0.110. The quantitative estimate of drug-likeness (QED) is 0.608. The molecule has 3 nitrogen and oxygen atoms in total. The molecule has 0 amide bonds. The van der Waals surface area contributed by atoms with E-state index < -0.39 is 6.10 Å². The first-order chi connectivity index (χ1) is 4.77. The Hall–Kier alpha value is -0.800. The summed E-state index contributed by atoms with van der Waals surface area (Å²) in [5.74, 6) is 0. The van der Waals surface area contributed by atoms with Crippen molar-refractivity contribution in [3.8, 4) is 0 Å². The first-order valence-corrected chi connectivity index (χ1v) is 3.03. The van der Waals surface area contributed by atoms with Gasteiger partial charge in [0, 0.05) is 0 Å². The Morgan fingerprint density at radius 1 is 1.40 bits per heavy atom. The number of furan rings is 1. The van der Waals surface area contributed by atoms with Gasteiger partial charge in [0.25, 0.3) is 0 Å². The molecule has 2 N–H and O–H groups in total. The van der Waals surface area contributed by atoms with E-state index in [1.165, 1.54) is 6.92 Å². The minimum atomic E-state index is -0.560. The van der Waals surface area contributed by atoms with Crippen LogP contribution in [0.4, 0.5) is 0 Å². The predicted octanol–water partition coefficient (Wildman–Crippen LogP) is 0.639. The SMILES string of the molecule is CC(O)CO.c1ccoc1. The monoisotopic (exact) mass is 144 g/mol. The minimum Gasteiger partial charge on any atom is -0.473 e. The molecule has 0 aliphatic rings. The molecule has 0 saturated carbocycles. The highest BCUT2D eigenvalue weighted by Crippen LogP contribution is 1.79. The van der Waals surface area contributed by atoms with Crippen molar-refractivity contribution in [3.63, 3.8) is 0 Å². The average molecular weight is 144 g/mol. The van der Waals surface area contributed by atoms with Gasteiger partial charge >= 0.3 is 0 Å². The maximum atomic E-state index is 8.11. The fourth-order valence-corrected chi connectivity index (χ4v) is 0.227. The van der Waals surface area contributed by atoms with Crippen molar-refractivity contribution in [2.24, 2.45) is 0 Å². The van der Waals surface area contributed by atoms with Crippen molar-refractivity contribution in [2.75, 3.05) is 6.61 Å².